The minimum Gasteiger partial charge on any atom is -0.478 e. The van der Waals surface area contributed by atoms with E-state index in [4.69, 9.17) is 9.84 Å². The third-order valence-electron chi connectivity index (χ3n) is 2.30. The van der Waals surface area contributed by atoms with Crippen molar-refractivity contribution in [3.63, 3.8) is 0 Å². The minimum absolute atomic E-state index is 0.0611. The van der Waals surface area contributed by atoms with Gasteiger partial charge >= 0.3 is 5.97 Å². The van der Waals surface area contributed by atoms with Crippen molar-refractivity contribution < 1.29 is 19.0 Å². The highest BCUT2D eigenvalue weighted by molar-refractivity contribution is 5.88. The lowest BCUT2D eigenvalue weighted by atomic mass is 10.2. The Hall–Kier alpha value is -1.69. The number of pyridine rings is 1. The number of unbranched alkanes of at least 4 members (excludes halogenated alkanes) is 1. The van der Waals surface area contributed by atoms with E-state index in [9.17, 15) is 9.18 Å². The van der Waals surface area contributed by atoms with Gasteiger partial charge in [-0.1, -0.05) is 13.3 Å². The lowest BCUT2D eigenvalue weighted by Gasteiger charge is -2.08. The zero-order valence-corrected chi connectivity index (χ0v) is 10.3. The minimum atomic E-state index is -1.31. The van der Waals surface area contributed by atoms with Crippen LogP contribution in [0, 0.1) is 5.82 Å². The first kappa shape index (κ1) is 14.4. The smallest absolute Gasteiger partial charge is 0.338 e. The second kappa shape index (κ2) is 7.60. The largest absolute Gasteiger partial charge is 0.478 e. The SMILES string of the molecule is CCCCOCCNc1nccc(C(=O)O)c1F. The van der Waals surface area contributed by atoms with Gasteiger partial charge in [0.25, 0.3) is 0 Å². The third-order valence-corrected chi connectivity index (χ3v) is 2.30. The maximum atomic E-state index is 13.6. The second-order valence-corrected chi connectivity index (χ2v) is 3.72. The molecule has 1 aromatic rings. The number of hydrogen-bond acceptors (Lipinski definition) is 4. The molecule has 100 valence electrons. The first-order valence-electron chi connectivity index (χ1n) is 5.86. The number of carboxylic acids is 1. The van der Waals surface area contributed by atoms with Gasteiger partial charge < -0.3 is 15.2 Å². The summed E-state index contributed by atoms with van der Waals surface area (Å²) in [6.45, 7) is 3.55. The summed E-state index contributed by atoms with van der Waals surface area (Å²) in [6.07, 6.45) is 3.30. The van der Waals surface area contributed by atoms with E-state index < -0.39 is 11.8 Å². The number of ether oxygens (including phenoxy) is 1. The quantitative estimate of drug-likeness (QED) is 0.697. The van der Waals surface area contributed by atoms with Gasteiger partial charge in [-0.05, 0) is 12.5 Å². The molecule has 0 fully saturated rings. The number of nitrogens with zero attached hydrogens (tertiary/aromatic N) is 1. The molecule has 1 aromatic heterocycles. The Bertz CT molecular complexity index is 399. The molecular formula is C12H17FN2O3. The molecule has 18 heavy (non-hydrogen) atoms. The van der Waals surface area contributed by atoms with E-state index in [1.807, 2.05) is 0 Å². The highest BCUT2D eigenvalue weighted by Crippen LogP contribution is 2.14. The molecule has 1 rings (SSSR count). The summed E-state index contributed by atoms with van der Waals surface area (Å²) in [5.41, 5.74) is -0.389. The van der Waals surface area contributed by atoms with Crippen LogP contribution in [0.5, 0.6) is 0 Å². The van der Waals surface area contributed by atoms with Crippen LogP contribution in [0.2, 0.25) is 0 Å². The van der Waals surface area contributed by atoms with Crippen molar-refractivity contribution in [2.24, 2.45) is 0 Å². The Balaban J connectivity index is 2.43. The number of nitrogens with one attached hydrogen (secondary N) is 1. The number of anilines is 1. The summed E-state index contributed by atoms with van der Waals surface area (Å²) in [4.78, 5) is 14.5. The molecule has 5 nitrogen and oxygen atoms in total. The molecule has 0 saturated heterocycles. The second-order valence-electron chi connectivity index (χ2n) is 3.72. The fourth-order valence-corrected chi connectivity index (χ4v) is 1.32. The molecule has 0 saturated carbocycles. The van der Waals surface area contributed by atoms with Crippen LogP contribution in [0.15, 0.2) is 12.3 Å². The molecule has 1 heterocycles. The van der Waals surface area contributed by atoms with Crippen molar-refractivity contribution in [2.45, 2.75) is 19.8 Å². The van der Waals surface area contributed by atoms with Gasteiger partial charge in [0.1, 0.15) is 5.56 Å². The zero-order valence-electron chi connectivity index (χ0n) is 10.3. The molecule has 6 heteroatoms. The van der Waals surface area contributed by atoms with E-state index in [1.54, 1.807) is 0 Å². The van der Waals surface area contributed by atoms with Crippen LogP contribution >= 0.6 is 0 Å². The van der Waals surface area contributed by atoms with Crippen molar-refractivity contribution >= 4 is 11.8 Å². The van der Waals surface area contributed by atoms with Gasteiger partial charge in [0.2, 0.25) is 0 Å². The Morgan fingerprint density at radius 2 is 2.33 bits per heavy atom. The number of carbonyl (C=O) groups is 1. The molecule has 0 spiro atoms. The first-order chi connectivity index (χ1) is 8.66. The average Bonchev–Trinajstić information content (AvgIpc) is 2.35. The molecule has 0 aromatic carbocycles. The Labute approximate surface area is 105 Å². The number of aromatic nitrogens is 1. The highest BCUT2D eigenvalue weighted by Gasteiger charge is 2.14. The fraction of sp³-hybridized carbons (Fsp3) is 0.500. The fourth-order valence-electron chi connectivity index (χ4n) is 1.32. The standard InChI is InChI=1S/C12H17FN2O3/c1-2-3-7-18-8-6-15-11-10(13)9(12(16)17)4-5-14-11/h4-5H,2-3,6-8H2,1H3,(H,14,15)(H,16,17). The third kappa shape index (κ3) is 4.29. The zero-order chi connectivity index (χ0) is 13.4. The van der Waals surface area contributed by atoms with Crippen molar-refractivity contribution in [2.75, 3.05) is 25.1 Å². The lowest BCUT2D eigenvalue weighted by molar-refractivity contribution is 0.0692. The van der Waals surface area contributed by atoms with E-state index >= 15 is 0 Å². The van der Waals surface area contributed by atoms with Gasteiger partial charge in [-0.2, -0.15) is 0 Å². The predicted octanol–water partition coefficient (Wildman–Crippen LogP) is 2.15. The molecule has 0 aliphatic rings. The molecule has 0 bridgehead atoms. The number of rotatable bonds is 8. The number of halogens is 1. The molecule has 0 amide bonds. The molecule has 0 aliphatic carbocycles. The Morgan fingerprint density at radius 1 is 1.56 bits per heavy atom. The van der Waals surface area contributed by atoms with Gasteiger partial charge in [0.05, 0.1) is 6.61 Å². The summed E-state index contributed by atoms with van der Waals surface area (Å²) in [5, 5.41) is 11.4. The van der Waals surface area contributed by atoms with Gasteiger partial charge in [0.15, 0.2) is 11.6 Å². The van der Waals surface area contributed by atoms with Gasteiger partial charge in [-0.3, -0.25) is 0 Å². The number of aromatic carboxylic acids is 1. The summed E-state index contributed by atoms with van der Waals surface area (Å²) in [6, 6.07) is 1.13. The normalized spacial score (nSPS) is 10.3. The first-order valence-corrected chi connectivity index (χ1v) is 5.86. The average molecular weight is 256 g/mol. The van der Waals surface area contributed by atoms with E-state index in [2.05, 4.69) is 17.2 Å². The monoisotopic (exact) mass is 256 g/mol. The van der Waals surface area contributed by atoms with E-state index in [-0.39, 0.29) is 11.4 Å². The van der Waals surface area contributed by atoms with Crippen LogP contribution in [0.25, 0.3) is 0 Å². The highest BCUT2D eigenvalue weighted by atomic mass is 19.1. The van der Waals surface area contributed by atoms with Crippen molar-refractivity contribution in [3.05, 3.63) is 23.6 Å². The van der Waals surface area contributed by atoms with Gasteiger partial charge in [-0.15, -0.1) is 0 Å². The molecular weight excluding hydrogens is 239 g/mol. The molecule has 0 radical (unpaired) electrons. The van der Waals surface area contributed by atoms with Crippen LogP contribution in [0.1, 0.15) is 30.1 Å². The molecule has 0 aliphatic heterocycles. The summed E-state index contributed by atoms with van der Waals surface area (Å²) in [7, 11) is 0. The van der Waals surface area contributed by atoms with E-state index in [0.717, 1.165) is 18.9 Å². The molecule has 0 unspecified atom stereocenters. The van der Waals surface area contributed by atoms with Crippen molar-refractivity contribution in [1.82, 2.24) is 4.98 Å². The maximum Gasteiger partial charge on any atom is 0.338 e. The van der Waals surface area contributed by atoms with E-state index in [0.29, 0.717) is 19.8 Å². The van der Waals surface area contributed by atoms with E-state index in [1.165, 1.54) is 6.20 Å². The van der Waals surface area contributed by atoms with Crippen molar-refractivity contribution in [3.8, 4) is 0 Å². The van der Waals surface area contributed by atoms with Crippen LogP contribution < -0.4 is 5.32 Å². The topological polar surface area (TPSA) is 71.5 Å². The Morgan fingerprint density at radius 3 is 3.00 bits per heavy atom. The van der Waals surface area contributed by atoms with Crippen molar-refractivity contribution in [1.29, 1.82) is 0 Å². The number of hydrogen-bond donors (Lipinski definition) is 2. The van der Waals surface area contributed by atoms with Gasteiger partial charge in [0, 0.05) is 19.3 Å². The number of carboxylic acid groups (broad SMARTS) is 1. The van der Waals surface area contributed by atoms with Gasteiger partial charge in [-0.25, -0.2) is 14.2 Å². The predicted molar refractivity (Wildman–Crippen MR) is 65.4 cm³/mol. The maximum absolute atomic E-state index is 13.6. The summed E-state index contributed by atoms with van der Waals surface area (Å²) in [5.74, 6) is -2.22. The van der Waals surface area contributed by atoms with Crippen LogP contribution in [-0.2, 0) is 4.74 Å². The van der Waals surface area contributed by atoms with Crippen LogP contribution in [0.4, 0.5) is 10.2 Å². The molecule has 0 atom stereocenters. The summed E-state index contributed by atoms with van der Waals surface area (Å²) >= 11 is 0. The summed E-state index contributed by atoms with van der Waals surface area (Å²) < 4.78 is 18.9. The Kier molecular flexibility index (Phi) is 6.07. The molecule has 2 N–H and O–H groups in total. The van der Waals surface area contributed by atoms with Crippen LogP contribution in [-0.4, -0.2) is 35.8 Å². The van der Waals surface area contributed by atoms with Crippen LogP contribution in [0.3, 0.4) is 0 Å². The lowest BCUT2D eigenvalue weighted by Crippen LogP contribution is -2.13.